The van der Waals surface area contributed by atoms with E-state index < -0.39 is 0 Å². The summed E-state index contributed by atoms with van der Waals surface area (Å²) in [6.07, 6.45) is 3.40. The summed E-state index contributed by atoms with van der Waals surface area (Å²) in [4.78, 5) is 48.3. The number of nitrogens with one attached hydrogen (secondary N) is 3. The maximum Gasteiger partial charge on any atom is 0.305 e. The molecule has 2 aromatic rings. The molecule has 0 aliphatic heterocycles. The molecule has 198 valence electrons. The second-order valence-corrected chi connectivity index (χ2v) is 9.24. The molecule has 0 saturated carbocycles. The van der Waals surface area contributed by atoms with E-state index in [0.717, 1.165) is 35.1 Å². The van der Waals surface area contributed by atoms with E-state index in [1.54, 1.807) is 6.92 Å². The monoisotopic (exact) mass is 507 g/mol. The molecule has 0 spiro atoms. The van der Waals surface area contributed by atoms with Gasteiger partial charge in [-0.2, -0.15) is 0 Å². The number of carbonyl (C=O) groups is 4. The van der Waals surface area contributed by atoms with Gasteiger partial charge in [-0.3, -0.25) is 19.2 Å². The molecule has 0 heterocycles. The summed E-state index contributed by atoms with van der Waals surface area (Å²) in [6.45, 7) is 6.51. The highest BCUT2D eigenvalue weighted by atomic mass is 16.5. The number of ether oxygens (including phenoxy) is 1. The first kappa shape index (κ1) is 27.9. The quantitative estimate of drug-likeness (QED) is 0.326. The summed E-state index contributed by atoms with van der Waals surface area (Å²) in [5.74, 6) is -0.745. The third-order valence-electron chi connectivity index (χ3n) is 6.27. The Morgan fingerprint density at radius 2 is 1.32 bits per heavy atom. The fourth-order valence-electron chi connectivity index (χ4n) is 4.41. The van der Waals surface area contributed by atoms with Gasteiger partial charge in [-0.15, -0.1) is 0 Å². The van der Waals surface area contributed by atoms with Crippen LogP contribution in [0.2, 0.25) is 0 Å². The van der Waals surface area contributed by atoms with Crippen molar-refractivity contribution in [3.63, 3.8) is 0 Å². The topological polar surface area (TPSA) is 114 Å². The van der Waals surface area contributed by atoms with E-state index in [0.29, 0.717) is 37.2 Å². The first-order valence-corrected chi connectivity index (χ1v) is 13.2. The molecular weight excluding hydrogens is 470 g/mol. The highest BCUT2D eigenvalue weighted by Crippen LogP contribution is 2.46. The molecule has 1 aliphatic carbocycles. The highest BCUT2D eigenvalue weighted by Gasteiger charge is 2.30. The number of carbonyl (C=O) groups excluding carboxylic acids is 4. The lowest BCUT2D eigenvalue weighted by molar-refractivity contribution is -0.143. The van der Waals surface area contributed by atoms with E-state index in [2.05, 4.69) is 16.0 Å². The lowest BCUT2D eigenvalue weighted by atomic mass is 9.97. The normalized spacial score (nSPS) is 13.3. The van der Waals surface area contributed by atoms with E-state index in [1.165, 1.54) is 0 Å². The van der Waals surface area contributed by atoms with Crippen molar-refractivity contribution < 1.29 is 23.9 Å². The Hall–Kier alpha value is -3.68. The van der Waals surface area contributed by atoms with Gasteiger partial charge < -0.3 is 20.7 Å². The van der Waals surface area contributed by atoms with Crippen LogP contribution in [0.25, 0.3) is 11.1 Å². The Balaban J connectivity index is 1.75. The summed E-state index contributed by atoms with van der Waals surface area (Å²) in [5.41, 5.74) is 5.28. The van der Waals surface area contributed by atoms with Gasteiger partial charge in [0.05, 0.1) is 0 Å². The number of anilines is 2. The van der Waals surface area contributed by atoms with Crippen LogP contribution in [-0.4, -0.2) is 36.8 Å². The highest BCUT2D eigenvalue weighted by molar-refractivity contribution is 5.94. The van der Waals surface area contributed by atoms with Gasteiger partial charge in [0, 0.05) is 49.5 Å². The van der Waals surface area contributed by atoms with Crippen LogP contribution in [-0.2, 0) is 23.9 Å². The summed E-state index contributed by atoms with van der Waals surface area (Å²) in [5, 5.41) is 8.68. The Kier molecular flexibility index (Phi) is 10.2. The van der Waals surface area contributed by atoms with Crippen LogP contribution in [0.3, 0.4) is 0 Å². The Labute approximate surface area is 218 Å². The van der Waals surface area contributed by atoms with Gasteiger partial charge in [0.15, 0.2) is 0 Å². The van der Waals surface area contributed by atoms with Crippen molar-refractivity contribution in [2.45, 2.75) is 71.6 Å². The van der Waals surface area contributed by atoms with Crippen LogP contribution >= 0.6 is 0 Å². The fraction of sp³-hybridized carbons (Fsp3) is 0.448. The number of esters is 1. The van der Waals surface area contributed by atoms with E-state index in [-0.39, 0.29) is 49.1 Å². The van der Waals surface area contributed by atoms with Crippen molar-refractivity contribution in [2.24, 2.45) is 0 Å². The molecule has 0 fully saturated rings. The maximum atomic E-state index is 12.5. The number of benzene rings is 2. The van der Waals surface area contributed by atoms with Crippen molar-refractivity contribution in [1.82, 2.24) is 5.32 Å². The molecule has 8 heteroatoms. The second-order valence-electron chi connectivity index (χ2n) is 9.24. The zero-order valence-electron chi connectivity index (χ0n) is 21.9. The van der Waals surface area contributed by atoms with E-state index in [9.17, 15) is 19.2 Å². The second kappa shape index (κ2) is 13.6. The minimum Gasteiger partial charge on any atom is -0.465 e. The maximum absolute atomic E-state index is 12.5. The molecule has 3 amide bonds. The van der Waals surface area contributed by atoms with Crippen LogP contribution in [0.15, 0.2) is 36.4 Å². The predicted molar refractivity (Wildman–Crippen MR) is 144 cm³/mol. The van der Waals surface area contributed by atoms with Gasteiger partial charge in [0.25, 0.3) is 0 Å². The average Bonchev–Trinajstić information content (AvgIpc) is 3.18. The third kappa shape index (κ3) is 7.65. The largest absolute Gasteiger partial charge is 0.465 e. The minimum absolute atomic E-state index is 0.0419. The van der Waals surface area contributed by atoms with Crippen LogP contribution < -0.4 is 16.0 Å². The third-order valence-corrected chi connectivity index (χ3v) is 6.27. The molecule has 0 bridgehead atoms. The van der Waals surface area contributed by atoms with E-state index in [1.807, 2.05) is 50.2 Å². The fourth-order valence-corrected chi connectivity index (χ4v) is 4.41. The lowest BCUT2D eigenvalue weighted by Gasteiger charge is -2.16. The Morgan fingerprint density at radius 3 is 1.86 bits per heavy atom. The smallest absolute Gasteiger partial charge is 0.305 e. The number of hydrogen-bond acceptors (Lipinski definition) is 5. The van der Waals surface area contributed by atoms with Gasteiger partial charge in [0.2, 0.25) is 17.7 Å². The van der Waals surface area contributed by atoms with Crippen LogP contribution in [0, 0.1) is 0 Å². The van der Waals surface area contributed by atoms with Crippen molar-refractivity contribution in [3.8, 4) is 11.1 Å². The van der Waals surface area contributed by atoms with Crippen molar-refractivity contribution in [2.75, 3.05) is 23.8 Å². The summed E-state index contributed by atoms with van der Waals surface area (Å²) >= 11 is 0. The Bertz CT molecular complexity index is 1140. The van der Waals surface area contributed by atoms with Crippen LogP contribution in [0.5, 0.6) is 0 Å². The first-order valence-electron chi connectivity index (χ1n) is 13.2. The number of hydrogen-bond donors (Lipinski definition) is 3. The summed E-state index contributed by atoms with van der Waals surface area (Å²) in [6, 6.07) is 11.5. The first-order chi connectivity index (χ1) is 17.9. The standard InChI is InChI=1S/C29H37N3O5/c1-4-8-27(34)31-19-11-13-21-22-14-12-20(32-28(35)10-7-9-26(33)30-15-5-2)17-24(22)25(23(21)16-19)18-37-29(36)6-3/h11-14,16-17,25H,4-10,15,18H2,1-3H3,(H,30,33)(H,31,34)(H,32,35). The van der Waals surface area contributed by atoms with E-state index in [4.69, 9.17) is 4.74 Å². The molecule has 1 atom stereocenters. The molecule has 2 aromatic carbocycles. The summed E-state index contributed by atoms with van der Waals surface area (Å²) < 4.78 is 5.52. The predicted octanol–water partition coefficient (Wildman–Crippen LogP) is 5.13. The number of amides is 3. The van der Waals surface area contributed by atoms with Crippen LogP contribution in [0.4, 0.5) is 11.4 Å². The molecule has 8 nitrogen and oxygen atoms in total. The molecule has 37 heavy (non-hydrogen) atoms. The van der Waals surface area contributed by atoms with Gasteiger partial charge in [-0.25, -0.2) is 0 Å². The molecule has 3 N–H and O–H groups in total. The van der Waals surface area contributed by atoms with Gasteiger partial charge >= 0.3 is 5.97 Å². The molecule has 0 saturated heterocycles. The zero-order valence-corrected chi connectivity index (χ0v) is 21.9. The molecular formula is C29H37N3O5. The minimum atomic E-state index is -0.283. The molecule has 1 unspecified atom stereocenters. The lowest BCUT2D eigenvalue weighted by Crippen LogP contribution is -2.24. The van der Waals surface area contributed by atoms with Gasteiger partial charge in [0.1, 0.15) is 6.61 Å². The van der Waals surface area contributed by atoms with E-state index >= 15 is 0 Å². The number of fused-ring (bicyclic) bond motifs is 3. The number of rotatable bonds is 13. The SMILES string of the molecule is CCCNC(=O)CCCC(=O)Nc1ccc2c(c1)C(COC(=O)CC)c1cc(NC(=O)CCC)ccc1-2. The van der Waals surface area contributed by atoms with Gasteiger partial charge in [-0.1, -0.05) is 32.9 Å². The molecule has 0 aromatic heterocycles. The van der Waals surface area contributed by atoms with Gasteiger partial charge in [-0.05, 0) is 65.8 Å². The Morgan fingerprint density at radius 1 is 0.757 bits per heavy atom. The van der Waals surface area contributed by atoms with Crippen LogP contribution in [0.1, 0.15) is 82.8 Å². The van der Waals surface area contributed by atoms with Crippen molar-refractivity contribution in [1.29, 1.82) is 0 Å². The zero-order chi connectivity index (χ0) is 26.8. The molecule has 3 rings (SSSR count). The molecule has 1 aliphatic rings. The average molecular weight is 508 g/mol. The molecule has 0 radical (unpaired) electrons. The van der Waals surface area contributed by atoms with Crippen molar-refractivity contribution in [3.05, 3.63) is 47.5 Å². The van der Waals surface area contributed by atoms with Crippen molar-refractivity contribution >= 4 is 35.1 Å². The summed E-state index contributed by atoms with van der Waals surface area (Å²) in [7, 11) is 0.